The summed E-state index contributed by atoms with van der Waals surface area (Å²) in [6.45, 7) is 5.92. The zero-order valence-corrected chi connectivity index (χ0v) is 29.1. The summed E-state index contributed by atoms with van der Waals surface area (Å²) in [5, 5.41) is 0.218. The molecule has 3 aromatic carbocycles. The number of carbonyl (C=O) groups is 1. The van der Waals surface area contributed by atoms with E-state index in [1.54, 1.807) is 24.0 Å². The van der Waals surface area contributed by atoms with Crippen molar-refractivity contribution >= 4 is 38.6 Å². The third-order valence-corrected chi connectivity index (χ3v) is 13.0. The van der Waals surface area contributed by atoms with E-state index in [9.17, 15) is 17.6 Å². The molecule has 3 aliphatic rings. The highest BCUT2D eigenvalue weighted by molar-refractivity contribution is 7.89. The summed E-state index contributed by atoms with van der Waals surface area (Å²) in [6.07, 6.45) is 6.80. The Morgan fingerprint density at radius 2 is 1.73 bits per heavy atom. The number of aromatic nitrogens is 2. The number of sulfonamides is 1. The van der Waals surface area contributed by atoms with E-state index >= 15 is 0 Å². The summed E-state index contributed by atoms with van der Waals surface area (Å²) in [5.74, 6) is 0.538. The van der Waals surface area contributed by atoms with Crippen molar-refractivity contribution in [3.05, 3.63) is 94.5 Å². The number of imidazole rings is 1. The fourth-order valence-electron chi connectivity index (χ4n) is 8.71. The second kappa shape index (κ2) is 13.2. The molecule has 0 spiro atoms. The van der Waals surface area contributed by atoms with E-state index < -0.39 is 10.0 Å². The number of halogens is 2. The molecule has 1 N–H and O–H groups in total. The van der Waals surface area contributed by atoms with Crippen molar-refractivity contribution < 1.29 is 17.6 Å². The van der Waals surface area contributed by atoms with E-state index in [1.807, 2.05) is 12.1 Å². The largest absolute Gasteiger partial charge is 0.339 e. The van der Waals surface area contributed by atoms with Gasteiger partial charge in [0.1, 0.15) is 11.6 Å². The monoisotopic (exact) mass is 691 g/mol. The van der Waals surface area contributed by atoms with Crippen LogP contribution in [0, 0.1) is 12.7 Å². The maximum atomic E-state index is 14.7. The van der Waals surface area contributed by atoms with Crippen LogP contribution in [0.1, 0.15) is 79.7 Å². The first-order valence-electron chi connectivity index (χ1n) is 17.1. The second-order valence-corrected chi connectivity index (χ2v) is 15.9. The molecule has 3 saturated heterocycles. The van der Waals surface area contributed by atoms with Crippen molar-refractivity contribution in [3.8, 4) is 0 Å². The van der Waals surface area contributed by atoms with Crippen molar-refractivity contribution in [1.82, 2.24) is 24.1 Å². The summed E-state index contributed by atoms with van der Waals surface area (Å²) in [7, 11) is -3.75. The normalized spacial score (nSPS) is 22.8. The van der Waals surface area contributed by atoms with Gasteiger partial charge in [-0.25, -0.2) is 22.5 Å². The number of rotatable bonds is 9. The van der Waals surface area contributed by atoms with Crippen molar-refractivity contribution in [2.45, 2.75) is 87.2 Å². The molecule has 3 atom stereocenters. The molecule has 0 radical (unpaired) electrons. The molecule has 1 amide bonds. The number of nitrogens with zero attached hydrogens (tertiary/aromatic N) is 4. The maximum Gasteiger partial charge on any atom is 0.255 e. The van der Waals surface area contributed by atoms with Crippen LogP contribution in [0.4, 0.5) is 4.39 Å². The van der Waals surface area contributed by atoms with Crippen molar-refractivity contribution in [3.63, 3.8) is 0 Å². The molecule has 7 rings (SSSR count). The van der Waals surface area contributed by atoms with Crippen LogP contribution in [0.2, 0.25) is 5.02 Å². The molecular weight excluding hydrogens is 649 g/mol. The Morgan fingerprint density at radius 1 is 1.00 bits per heavy atom. The van der Waals surface area contributed by atoms with E-state index in [-0.39, 0.29) is 39.2 Å². The molecule has 3 aliphatic heterocycles. The lowest BCUT2D eigenvalue weighted by Crippen LogP contribution is -2.49. The molecule has 8 nitrogen and oxygen atoms in total. The number of aryl methyl sites for hydroxylation is 1. The zero-order chi connectivity index (χ0) is 33.6. The predicted molar refractivity (Wildman–Crippen MR) is 186 cm³/mol. The summed E-state index contributed by atoms with van der Waals surface area (Å²) in [6, 6.07) is 21.0. The Kier molecular flexibility index (Phi) is 9.12. The SMILES string of the molecule is CCNS(=O)(=O)c1ccc(Cl)c(C(=O)N2CCC(CCN3[C@@H]4CC[C@H]3CC(n3c(C)nc5ccccc53)C4)(c3cccc(F)c3)CC2)c1. The fraction of sp³-hybridized carbons (Fsp3) is 0.459. The number of hydrogen-bond acceptors (Lipinski definition) is 5. The summed E-state index contributed by atoms with van der Waals surface area (Å²) in [4.78, 5) is 23.1. The zero-order valence-electron chi connectivity index (χ0n) is 27.5. The molecule has 0 saturated carbocycles. The Morgan fingerprint density at radius 3 is 2.44 bits per heavy atom. The molecule has 3 fully saturated rings. The van der Waals surface area contributed by atoms with Gasteiger partial charge in [0, 0.05) is 37.8 Å². The van der Waals surface area contributed by atoms with Crippen LogP contribution >= 0.6 is 11.6 Å². The highest BCUT2D eigenvalue weighted by Crippen LogP contribution is 2.45. The Balaban J connectivity index is 1.08. The summed E-state index contributed by atoms with van der Waals surface area (Å²) >= 11 is 6.44. The van der Waals surface area contributed by atoms with Crippen LogP contribution in [-0.2, 0) is 15.4 Å². The molecule has 11 heteroatoms. The maximum absolute atomic E-state index is 14.7. The number of fused-ring (bicyclic) bond motifs is 3. The Bertz CT molecular complexity index is 1930. The number of para-hydroxylation sites is 2. The van der Waals surface area contributed by atoms with E-state index in [4.69, 9.17) is 16.6 Å². The van der Waals surface area contributed by atoms with Gasteiger partial charge < -0.3 is 9.47 Å². The van der Waals surface area contributed by atoms with Crippen LogP contribution < -0.4 is 4.72 Å². The molecule has 2 bridgehead atoms. The minimum Gasteiger partial charge on any atom is -0.339 e. The molecule has 1 aromatic heterocycles. The number of benzene rings is 3. The number of hydrogen-bond donors (Lipinski definition) is 1. The van der Waals surface area contributed by atoms with Gasteiger partial charge in [-0.1, -0.05) is 42.8 Å². The van der Waals surface area contributed by atoms with Gasteiger partial charge in [-0.3, -0.25) is 9.69 Å². The van der Waals surface area contributed by atoms with E-state index in [2.05, 4.69) is 39.3 Å². The Hall–Kier alpha value is -3.31. The van der Waals surface area contributed by atoms with Crippen LogP contribution in [0.25, 0.3) is 11.0 Å². The van der Waals surface area contributed by atoms with Crippen LogP contribution in [-0.4, -0.2) is 71.9 Å². The smallest absolute Gasteiger partial charge is 0.255 e. The van der Waals surface area contributed by atoms with Crippen LogP contribution in [0.3, 0.4) is 0 Å². The van der Waals surface area contributed by atoms with Crippen molar-refractivity contribution in [2.24, 2.45) is 0 Å². The highest BCUT2D eigenvalue weighted by atomic mass is 35.5. The van der Waals surface area contributed by atoms with E-state index in [0.29, 0.717) is 44.1 Å². The van der Waals surface area contributed by atoms with Crippen LogP contribution in [0.5, 0.6) is 0 Å². The third kappa shape index (κ3) is 6.17. The minimum absolute atomic E-state index is 0.0120. The molecule has 0 aliphatic carbocycles. The Labute approximate surface area is 287 Å². The number of piperidine rings is 2. The number of amides is 1. The van der Waals surface area contributed by atoms with Crippen LogP contribution in [0.15, 0.2) is 71.6 Å². The van der Waals surface area contributed by atoms with Gasteiger partial charge in [0.05, 0.1) is 26.5 Å². The number of likely N-dealkylation sites (tertiary alicyclic amines) is 1. The first-order chi connectivity index (χ1) is 23.1. The molecule has 48 heavy (non-hydrogen) atoms. The summed E-state index contributed by atoms with van der Waals surface area (Å²) < 4.78 is 44.9. The van der Waals surface area contributed by atoms with Crippen molar-refractivity contribution in [2.75, 3.05) is 26.2 Å². The summed E-state index contributed by atoms with van der Waals surface area (Å²) in [5.41, 5.74) is 3.14. The second-order valence-electron chi connectivity index (χ2n) is 13.7. The third-order valence-electron chi connectivity index (χ3n) is 11.1. The fourth-order valence-corrected chi connectivity index (χ4v) is 9.97. The molecule has 4 aromatic rings. The molecule has 254 valence electrons. The van der Waals surface area contributed by atoms with Gasteiger partial charge in [-0.05, 0) is 112 Å². The average molecular weight is 692 g/mol. The lowest BCUT2D eigenvalue weighted by molar-refractivity contribution is 0.0606. The quantitative estimate of drug-likeness (QED) is 0.207. The lowest BCUT2D eigenvalue weighted by Gasteiger charge is -2.45. The average Bonchev–Trinajstić information content (AvgIpc) is 3.53. The van der Waals surface area contributed by atoms with E-state index in [1.165, 1.54) is 42.6 Å². The molecule has 1 unspecified atom stereocenters. The van der Waals surface area contributed by atoms with Gasteiger partial charge in [0.25, 0.3) is 5.91 Å². The topological polar surface area (TPSA) is 87.5 Å². The molecular formula is C37H43ClFN5O3S. The molecule has 4 heterocycles. The standard InChI is InChI=1S/C37H43ClFN5O3S/c1-3-40-48(46,47)31-13-14-33(38)32(24-31)36(45)42-18-15-37(16-19-42,26-7-6-8-27(39)21-26)17-20-43-28-11-12-29(43)23-30(22-28)44-25(2)41-34-9-4-5-10-35(34)44/h4-10,13-14,21,24,28-30,40H,3,11-12,15-20,22-23H2,1-2H3/t28-,29+,30?. The van der Waals surface area contributed by atoms with Crippen molar-refractivity contribution in [1.29, 1.82) is 0 Å². The first kappa shape index (κ1) is 33.2. The van der Waals surface area contributed by atoms with Gasteiger partial charge in [0.15, 0.2) is 0 Å². The van der Waals surface area contributed by atoms with Gasteiger partial charge in [-0.15, -0.1) is 0 Å². The van der Waals surface area contributed by atoms with E-state index in [0.717, 1.165) is 42.7 Å². The van der Waals surface area contributed by atoms with Gasteiger partial charge in [0.2, 0.25) is 10.0 Å². The number of carbonyl (C=O) groups excluding carboxylic acids is 1. The van der Waals surface area contributed by atoms with Gasteiger partial charge in [-0.2, -0.15) is 0 Å². The predicted octanol–water partition coefficient (Wildman–Crippen LogP) is 6.87. The minimum atomic E-state index is -3.75. The lowest BCUT2D eigenvalue weighted by atomic mass is 9.70. The highest BCUT2D eigenvalue weighted by Gasteiger charge is 2.44. The van der Waals surface area contributed by atoms with Gasteiger partial charge >= 0.3 is 0 Å². The number of nitrogens with one attached hydrogen (secondary N) is 1. The first-order valence-corrected chi connectivity index (χ1v) is 19.0.